The molecule has 116 valence electrons. The van der Waals surface area contributed by atoms with E-state index in [2.05, 4.69) is 12.2 Å². The number of nitrogens with two attached hydrogens (primary N) is 1. The van der Waals surface area contributed by atoms with Crippen molar-refractivity contribution in [3.8, 4) is 0 Å². The normalized spacial score (nSPS) is 11.8. The van der Waals surface area contributed by atoms with Crippen molar-refractivity contribution >= 4 is 17.6 Å². The minimum atomic E-state index is -0.819. The maximum absolute atomic E-state index is 12.0. The molecule has 0 radical (unpaired) electrons. The first-order valence-electron chi connectivity index (χ1n) is 7.30. The van der Waals surface area contributed by atoms with Gasteiger partial charge in [-0.1, -0.05) is 19.8 Å². The number of rotatable bonds is 7. The van der Waals surface area contributed by atoms with Gasteiger partial charge in [0, 0.05) is 12.2 Å². The molecular weight excluding hydrogens is 268 g/mol. The van der Waals surface area contributed by atoms with Crippen LogP contribution in [0.3, 0.4) is 0 Å². The van der Waals surface area contributed by atoms with Gasteiger partial charge >= 0.3 is 5.97 Å². The molecule has 0 heterocycles. The average Bonchev–Trinajstić information content (AvgIpc) is 2.42. The third-order valence-electron chi connectivity index (χ3n) is 3.07. The van der Waals surface area contributed by atoms with Crippen LogP contribution in [-0.4, -0.2) is 24.5 Å². The Morgan fingerprint density at radius 2 is 2.00 bits per heavy atom. The van der Waals surface area contributed by atoms with Gasteiger partial charge in [0.1, 0.15) is 0 Å². The number of ether oxygens (including phenoxy) is 1. The van der Waals surface area contributed by atoms with E-state index >= 15 is 0 Å². The van der Waals surface area contributed by atoms with Gasteiger partial charge in [-0.15, -0.1) is 0 Å². The molecule has 1 atom stereocenters. The Kier molecular flexibility index (Phi) is 6.72. The maximum Gasteiger partial charge on any atom is 0.338 e. The zero-order valence-electron chi connectivity index (χ0n) is 12.9. The maximum atomic E-state index is 12.0. The topological polar surface area (TPSA) is 81.4 Å². The molecule has 1 aromatic rings. The Balaban J connectivity index is 2.51. The van der Waals surface area contributed by atoms with Crippen LogP contribution in [-0.2, 0) is 9.53 Å². The molecule has 0 saturated heterocycles. The Bertz CT molecular complexity index is 480. The molecule has 0 aliphatic carbocycles. The molecule has 0 spiro atoms. The van der Waals surface area contributed by atoms with Crippen LogP contribution in [0.15, 0.2) is 18.2 Å². The lowest BCUT2D eigenvalue weighted by Crippen LogP contribution is -2.36. The Hall–Kier alpha value is -2.04. The number of aryl methyl sites for hydroxylation is 1. The molecule has 5 heteroatoms. The minimum Gasteiger partial charge on any atom is -0.449 e. The summed E-state index contributed by atoms with van der Waals surface area (Å²) in [5, 5.41) is 2.76. The van der Waals surface area contributed by atoms with Crippen molar-refractivity contribution < 1.29 is 14.3 Å². The summed E-state index contributed by atoms with van der Waals surface area (Å²) in [5.41, 5.74) is 7.43. The highest BCUT2D eigenvalue weighted by Gasteiger charge is 2.18. The predicted octanol–water partition coefficient (Wildman–Crippen LogP) is 2.43. The quantitative estimate of drug-likeness (QED) is 0.459. The lowest BCUT2D eigenvalue weighted by atomic mass is 10.1. The average molecular weight is 292 g/mol. The number of carbonyl (C=O) groups excluding carboxylic acids is 2. The highest BCUT2D eigenvalue weighted by Crippen LogP contribution is 2.13. The van der Waals surface area contributed by atoms with Crippen molar-refractivity contribution in [2.75, 3.05) is 12.3 Å². The van der Waals surface area contributed by atoms with Gasteiger partial charge in [0.2, 0.25) is 0 Å². The molecule has 0 saturated carbocycles. The largest absolute Gasteiger partial charge is 0.449 e. The molecule has 1 aromatic carbocycles. The van der Waals surface area contributed by atoms with Gasteiger partial charge in [-0.05, 0) is 44.0 Å². The number of carbonyl (C=O) groups is 2. The Labute approximate surface area is 125 Å². The summed E-state index contributed by atoms with van der Waals surface area (Å²) in [6.07, 6.45) is 2.27. The molecule has 0 aliphatic heterocycles. The number of nitrogen functional groups attached to an aromatic ring is 1. The van der Waals surface area contributed by atoms with E-state index in [1.807, 2.05) is 6.92 Å². The van der Waals surface area contributed by atoms with Crippen molar-refractivity contribution in [3.63, 3.8) is 0 Å². The lowest BCUT2D eigenvalue weighted by molar-refractivity contribution is -0.129. The van der Waals surface area contributed by atoms with Crippen LogP contribution >= 0.6 is 0 Å². The standard InChI is InChI=1S/C16H24N2O3/c1-4-5-6-7-18-15(19)12(3)21-16(20)13-8-11(2)9-14(17)10-13/h8-10,12H,4-7,17H2,1-3H3,(H,18,19). The van der Waals surface area contributed by atoms with Crippen molar-refractivity contribution in [3.05, 3.63) is 29.3 Å². The number of hydrogen-bond donors (Lipinski definition) is 2. The molecule has 0 aromatic heterocycles. The monoisotopic (exact) mass is 292 g/mol. The number of esters is 1. The van der Waals surface area contributed by atoms with Gasteiger partial charge in [-0.25, -0.2) is 4.79 Å². The van der Waals surface area contributed by atoms with Crippen LogP contribution in [0.25, 0.3) is 0 Å². The fourth-order valence-electron chi connectivity index (χ4n) is 1.94. The molecule has 1 unspecified atom stereocenters. The van der Waals surface area contributed by atoms with Gasteiger partial charge < -0.3 is 15.8 Å². The molecule has 0 aliphatic rings. The van der Waals surface area contributed by atoms with Crippen LogP contribution in [0.5, 0.6) is 0 Å². The fourth-order valence-corrected chi connectivity index (χ4v) is 1.94. The third-order valence-corrected chi connectivity index (χ3v) is 3.07. The van der Waals surface area contributed by atoms with E-state index in [-0.39, 0.29) is 5.91 Å². The Morgan fingerprint density at radius 3 is 2.62 bits per heavy atom. The first kappa shape index (κ1) is 17.0. The summed E-state index contributed by atoms with van der Waals surface area (Å²) in [5.74, 6) is -0.818. The zero-order chi connectivity index (χ0) is 15.8. The summed E-state index contributed by atoms with van der Waals surface area (Å²) in [6.45, 7) is 6.11. The second-order valence-corrected chi connectivity index (χ2v) is 5.18. The van der Waals surface area contributed by atoms with Gasteiger partial charge in [0.05, 0.1) is 5.56 Å². The number of amides is 1. The molecule has 5 nitrogen and oxygen atoms in total. The first-order valence-corrected chi connectivity index (χ1v) is 7.30. The van der Waals surface area contributed by atoms with E-state index in [1.54, 1.807) is 25.1 Å². The van der Waals surface area contributed by atoms with E-state index < -0.39 is 12.1 Å². The van der Waals surface area contributed by atoms with Crippen molar-refractivity contribution in [1.82, 2.24) is 5.32 Å². The van der Waals surface area contributed by atoms with Gasteiger partial charge in [-0.3, -0.25) is 4.79 Å². The van der Waals surface area contributed by atoms with Crippen molar-refractivity contribution in [1.29, 1.82) is 0 Å². The second-order valence-electron chi connectivity index (χ2n) is 5.18. The predicted molar refractivity (Wildman–Crippen MR) is 83.0 cm³/mol. The molecule has 0 bridgehead atoms. The van der Waals surface area contributed by atoms with E-state index in [1.165, 1.54) is 0 Å². The van der Waals surface area contributed by atoms with Crippen LogP contribution in [0, 0.1) is 6.92 Å². The van der Waals surface area contributed by atoms with Crippen LogP contribution in [0.4, 0.5) is 5.69 Å². The van der Waals surface area contributed by atoms with Crippen molar-refractivity contribution in [2.45, 2.75) is 46.1 Å². The summed E-state index contributed by atoms with van der Waals surface area (Å²) < 4.78 is 5.16. The smallest absolute Gasteiger partial charge is 0.338 e. The summed E-state index contributed by atoms with van der Waals surface area (Å²) in [4.78, 5) is 23.8. The number of unbranched alkanes of at least 4 members (excludes halogenated alkanes) is 2. The number of nitrogens with one attached hydrogen (secondary N) is 1. The summed E-state index contributed by atoms with van der Waals surface area (Å²) >= 11 is 0. The van der Waals surface area contributed by atoms with Crippen LogP contribution in [0.1, 0.15) is 49.0 Å². The van der Waals surface area contributed by atoms with Crippen LogP contribution in [0.2, 0.25) is 0 Å². The number of hydrogen-bond acceptors (Lipinski definition) is 4. The first-order chi connectivity index (χ1) is 9.93. The summed E-state index contributed by atoms with van der Waals surface area (Å²) in [6, 6.07) is 4.99. The summed E-state index contributed by atoms with van der Waals surface area (Å²) in [7, 11) is 0. The van der Waals surface area contributed by atoms with E-state index in [0.717, 1.165) is 24.8 Å². The van der Waals surface area contributed by atoms with Gasteiger partial charge in [0.25, 0.3) is 5.91 Å². The third kappa shape index (κ3) is 5.85. The Morgan fingerprint density at radius 1 is 1.29 bits per heavy atom. The highest BCUT2D eigenvalue weighted by atomic mass is 16.5. The lowest BCUT2D eigenvalue weighted by Gasteiger charge is -2.14. The zero-order valence-corrected chi connectivity index (χ0v) is 12.9. The van der Waals surface area contributed by atoms with Gasteiger partial charge in [0.15, 0.2) is 6.10 Å². The van der Waals surface area contributed by atoms with E-state index in [9.17, 15) is 9.59 Å². The SMILES string of the molecule is CCCCCNC(=O)C(C)OC(=O)c1cc(C)cc(N)c1. The highest BCUT2D eigenvalue weighted by molar-refractivity contribution is 5.93. The number of benzene rings is 1. The van der Waals surface area contributed by atoms with Crippen molar-refractivity contribution in [2.24, 2.45) is 0 Å². The number of anilines is 1. The fraction of sp³-hybridized carbons (Fsp3) is 0.500. The molecular formula is C16H24N2O3. The minimum absolute atomic E-state index is 0.278. The molecule has 1 rings (SSSR count). The molecule has 21 heavy (non-hydrogen) atoms. The van der Waals surface area contributed by atoms with E-state index in [4.69, 9.17) is 10.5 Å². The van der Waals surface area contributed by atoms with Crippen LogP contribution < -0.4 is 11.1 Å². The van der Waals surface area contributed by atoms with E-state index in [0.29, 0.717) is 17.8 Å². The molecule has 1 amide bonds. The second kappa shape index (κ2) is 8.29. The van der Waals surface area contributed by atoms with Gasteiger partial charge in [-0.2, -0.15) is 0 Å². The molecule has 0 fully saturated rings. The molecule has 3 N–H and O–H groups in total.